The van der Waals surface area contributed by atoms with Crippen molar-refractivity contribution in [2.24, 2.45) is 0 Å². The molecule has 2 fully saturated rings. The van der Waals surface area contributed by atoms with Crippen molar-refractivity contribution in [3.8, 4) is 5.75 Å². The second-order valence-electron chi connectivity index (χ2n) is 9.52. The Morgan fingerprint density at radius 1 is 1.16 bits per heavy atom. The number of piperidine rings is 1. The standard InChI is InChI=1S/C24H36N2O6/c1-23(2,3)32-22(28)26-10-8-24(9-11-26)18-25(13-15-31-24)12-14-30-20-7-5-6-19(16-20)17-21(27)29-4/h5-7,16H,8-15,17-18H2,1-4H3. The number of rotatable bonds is 6. The molecule has 0 bridgehead atoms. The van der Waals surface area contributed by atoms with Crippen LogP contribution in [0.2, 0.25) is 0 Å². The smallest absolute Gasteiger partial charge is 0.410 e. The Hall–Kier alpha value is -2.32. The Morgan fingerprint density at radius 2 is 1.91 bits per heavy atom. The fourth-order valence-corrected chi connectivity index (χ4v) is 4.12. The van der Waals surface area contributed by atoms with Gasteiger partial charge >= 0.3 is 12.1 Å². The van der Waals surface area contributed by atoms with Gasteiger partial charge in [0, 0.05) is 32.7 Å². The van der Waals surface area contributed by atoms with E-state index in [0.717, 1.165) is 43.8 Å². The van der Waals surface area contributed by atoms with Crippen LogP contribution in [0.3, 0.4) is 0 Å². The minimum atomic E-state index is -0.483. The molecule has 2 saturated heterocycles. The van der Waals surface area contributed by atoms with E-state index in [-0.39, 0.29) is 24.1 Å². The third-order valence-electron chi connectivity index (χ3n) is 5.80. The van der Waals surface area contributed by atoms with Crippen molar-refractivity contribution >= 4 is 12.1 Å². The van der Waals surface area contributed by atoms with Gasteiger partial charge in [0.05, 0.1) is 25.7 Å². The van der Waals surface area contributed by atoms with Gasteiger partial charge in [-0.15, -0.1) is 0 Å². The largest absolute Gasteiger partial charge is 0.492 e. The predicted molar refractivity (Wildman–Crippen MR) is 120 cm³/mol. The second kappa shape index (κ2) is 10.5. The number of likely N-dealkylation sites (tertiary alicyclic amines) is 1. The lowest BCUT2D eigenvalue weighted by molar-refractivity contribution is -0.139. The van der Waals surface area contributed by atoms with Crippen LogP contribution in [0.1, 0.15) is 39.2 Å². The van der Waals surface area contributed by atoms with Crippen molar-refractivity contribution in [2.45, 2.75) is 51.2 Å². The molecule has 1 aromatic rings. The fraction of sp³-hybridized carbons (Fsp3) is 0.667. The summed E-state index contributed by atoms with van der Waals surface area (Å²) in [7, 11) is 1.39. The SMILES string of the molecule is COC(=O)Cc1cccc(OCCN2CCOC3(CCN(C(=O)OC(C)(C)C)CC3)C2)c1. The van der Waals surface area contributed by atoms with Crippen molar-refractivity contribution in [1.29, 1.82) is 0 Å². The Bertz CT molecular complexity index is 783. The summed E-state index contributed by atoms with van der Waals surface area (Å²) >= 11 is 0. The minimum absolute atomic E-state index is 0.211. The number of carbonyl (C=O) groups excluding carboxylic acids is 2. The van der Waals surface area contributed by atoms with Gasteiger partial charge in [-0.05, 0) is 51.3 Å². The molecule has 1 spiro atoms. The first-order chi connectivity index (χ1) is 15.2. The van der Waals surface area contributed by atoms with Gasteiger partial charge in [0.1, 0.15) is 18.0 Å². The molecule has 0 aromatic heterocycles. The summed E-state index contributed by atoms with van der Waals surface area (Å²) in [4.78, 5) is 28.0. The van der Waals surface area contributed by atoms with Gasteiger partial charge in [-0.2, -0.15) is 0 Å². The number of nitrogens with zero attached hydrogens (tertiary/aromatic N) is 2. The van der Waals surface area contributed by atoms with Crippen LogP contribution in [0.5, 0.6) is 5.75 Å². The lowest BCUT2D eigenvalue weighted by Crippen LogP contribution is -2.58. The summed E-state index contributed by atoms with van der Waals surface area (Å²) in [5.74, 6) is 0.485. The number of amides is 1. The molecule has 2 aliphatic rings. The Kier molecular flexibility index (Phi) is 8.00. The first kappa shape index (κ1) is 24.3. The van der Waals surface area contributed by atoms with Crippen molar-refractivity contribution in [1.82, 2.24) is 9.80 Å². The van der Waals surface area contributed by atoms with Crippen LogP contribution in [-0.2, 0) is 25.4 Å². The molecule has 0 N–H and O–H groups in total. The third-order valence-corrected chi connectivity index (χ3v) is 5.80. The molecule has 0 unspecified atom stereocenters. The molecule has 0 aliphatic carbocycles. The lowest BCUT2D eigenvalue weighted by Gasteiger charge is -2.47. The molecule has 1 aromatic carbocycles. The van der Waals surface area contributed by atoms with E-state index in [1.807, 2.05) is 45.0 Å². The number of methoxy groups -OCH3 is 1. The second-order valence-corrected chi connectivity index (χ2v) is 9.52. The molecule has 8 heteroatoms. The molecule has 3 rings (SSSR count). The fourth-order valence-electron chi connectivity index (χ4n) is 4.12. The zero-order chi connectivity index (χ0) is 23.2. The van der Waals surface area contributed by atoms with Gasteiger partial charge in [-0.3, -0.25) is 9.69 Å². The molecule has 0 saturated carbocycles. The Morgan fingerprint density at radius 3 is 2.59 bits per heavy atom. The van der Waals surface area contributed by atoms with Crippen LogP contribution < -0.4 is 4.74 Å². The molecule has 0 atom stereocenters. The summed E-state index contributed by atoms with van der Waals surface area (Å²) < 4.78 is 22.3. The van der Waals surface area contributed by atoms with Crippen LogP contribution in [0.15, 0.2) is 24.3 Å². The number of carbonyl (C=O) groups is 2. The average Bonchev–Trinajstić information content (AvgIpc) is 2.73. The minimum Gasteiger partial charge on any atom is -0.492 e. The topological polar surface area (TPSA) is 77.5 Å². The van der Waals surface area contributed by atoms with E-state index in [9.17, 15) is 9.59 Å². The first-order valence-corrected chi connectivity index (χ1v) is 11.3. The summed E-state index contributed by atoms with van der Waals surface area (Å²) in [6.45, 7) is 10.7. The molecule has 8 nitrogen and oxygen atoms in total. The van der Waals surface area contributed by atoms with E-state index >= 15 is 0 Å². The van der Waals surface area contributed by atoms with E-state index < -0.39 is 5.60 Å². The molecule has 32 heavy (non-hydrogen) atoms. The van der Waals surface area contributed by atoms with Crippen LogP contribution in [0.4, 0.5) is 4.79 Å². The molecular weight excluding hydrogens is 412 g/mol. The zero-order valence-electron chi connectivity index (χ0n) is 19.7. The summed E-state index contributed by atoms with van der Waals surface area (Å²) in [5.41, 5.74) is 0.178. The van der Waals surface area contributed by atoms with E-state index in [1.54, 1.807) is 4.90 Å². The molecule has 2 aliphatic heterocycles. The van der Waals surface area contributed by atoms with E-state index in [1.165, 1.54) is 7.11 Å². The van der Waals surface area contributed by atoms with Crippen LogP contribution >= 0.6 is 0 Å². The van der Waals surface area contributed by atoms with Crippen molar-refractivity contribution in [3.63, 3.8) is 0 Å². The average molecular weight is 449 g/mol. The lowest BCUT2D eigenvalue weighted by atomic mass is 9.89. The van der Waals surface area contributed by atoms with Gasteiger partial charge in [0.25, 0.3) is 0 Å². The summed E-state index contributed by atoms with van der Waals surface area (Å²) in [6.07, 6.45) is 1.60. The molecular formula is C24H36N2O6. The predicted octanol–water partition coefficient (Wildman–Crippen LogP) is 2.88. The van der Waals surface area contributed by atoms with E-state index in [4.69, 9.17) is 18.9 Å². The number of morpholine rings is 1. The van der Waals surface area contributed by atoms with E-state index in [0.29, 0.717) is 26.3 Å². The van der Waals surface area contributed by atoms with Crippen molar-refractivity contribution in [3.05, 3.63) is 29.8 Å². The first-order valence-electron chi connectivity index (χ1n) is 11.3. The summed E-state index contributed by atoms with van der Waals surface area (Å²) in [6, 6.07) is 7.55. The van der Waals surface area contributed by atoms with Crippen LogP contribution in [-0.4, -0.2) is 86.1 Å². The van der Waals surface area contributed by atoms with Crippen LogP contribution in [0.25, 0.3) is 0 Å². The van der Waals surface area contributed by atoms with Gasteiger partial charge in [0.15, 0.2) is 0 Å². The molecule has 1 amide bonds. The van der Waals surface area contributed by atoms with Crippen LogP contribution in [0, 0.1) is 0 Å². The molecule has 2 heterocycles. The monoisotopic (exact) mass is 448 g/mol. The maximum absolute atomic E-state index is 12.3. The number of esters is 1. The maximum Gasteiger partial charge on any atom is 0.410 e. The maximum atomic E-state index is 12.3. The summed E-state index contributed by atoms with van der Waals surface area (Å²) in [5, 5.41) is 0. The highest BCUT2D eigenvalue weighted by molar-refractivity contribution is 5.72. The van der Waals surface area contributed by atoms with Gasteiger partial charge in [-0.25, -0.2) is 4.79 Å². The highest BCUT2D eigenvalue weighted by Gasteiger charge is 2.41. The van der Waals surface area contributed by atoms with E-state index in [2.05, 4.69) is 4.90 Å². The number of hydrogen-bond donors (Lipinski definition) is 0. The Balaban J connectivity index is 1.44. The number of ether oxygens (including phenoxy) is 4. The zero-order valence-corrected chi connectivity index (χ0v) is 19.7. The van der Waals surface area contributed by atoms with Gasteiger partial charge in [0.2, 0.25) is 0 Å². The highest BCUT2D eigenvalue weighted by atomic mass is 16.6. The third kappa shape index (κ3) is 7.10. The normalized spacial score (nSPS) is 18.9. The molecule has 178 valence electrons. The molecule has 0 radical (unpaired) electrons. The van der Waals surface area contributed by atoms with Gasteiger partial charge in [-0.1, -0.05) is 12.1 Å². The van der Waals surface area contributed by atoms with Gasteiger partial charge < -0.3 is 23.8 Å². The van der Waals surface area contributed by atoms with Crippen molar-refractivity contribution in [2.75, 3.05) is 53.0 Å². The number of hydrogen-bond acceptors (Lipinski definition) is 7. The quantitative estimate of drug-likeness (QED) is 0.619. The Labute approximate surface area is 190 Å². The highest BCUT2D eigenvalue weighted by Crippen LogP contribution is 2.30. The number of benzene rings is 1. The van der Waals surface area contributed by atoms with Crippen molar-refractivity contribution < 1.29 is 28.5 Å².